The molecule has 1 aliphatic heterocycles. The summed E-state index contributed by atoms with van der Waals surface area (Å²) in [5, 5.41) is 21.9. The molecule has 0 bridgehead atoms. The lowest BCUT2D eigenvalue weighted by Gasteiger charge is -2.26. The maximum atomic E-state index is 13.5. The molecule has 3 aromatic carbocycles. The molecule has 4 rings (SSSR count). The second-order valence-corrected chi connectivity index (χ2v) is 9.10. The van der Waals surface area contributed by atoms with Crippen molar-refractivity contribution in [2.75, 3.05) is 20.8 Å². The molecular weight excluding hydrogens is 486 g/mol. The van der Waals surface area contributed by atoms with E-state index >= 15 is 0 Å². The van der Waals surface area contributed by atoms with E-state index in [4.69, 9.17) is 14.2 Å². The Balaban J connectivity index is 1.93. The van der Waals surface area contributed by atoms with Crippen molar-refractivity contribution in [2.45, 2.75) is 33.4 Å². The van der Waals surface area contributed by atoms with E-state index in [1.807, 2.05) is 32.0 Å². The highest BCUT2D eigenvalue weighted by atomic mass is 16.5. The van der Waals surface area contributed by atoms with Crippen molar-refractivity contribution >= 4 is 17.4 Å². The number of phenols is 1. The van der Waals surface area contributed by atoms with Crippen molar-refractivity contribution < 1.29 is 34.0 Å². The average molecular weight is 518 g/mol. The van der Waals surface area contributed by atoms with Gasteiger partial charge in [-0.1, -0.05) is 24.3 Å². The van der Waals surface area contributed by atoms with E-state index in [1.54, 1.807) is 44.4 Å². The molecule has 8 heteroatoms. The summed E-state index contributed by atoms with van der Waals surface area (Å²) >= 11 is 0. The predicted octanol–water partition coefficient (Wildman–Crippen LogP) is 5.05. The Morgan fingerprint density at radius 3 is 2.32 bits per heavy atom. The number of carbonyl (C=O) groups excluding carboxylic acids is 2. The molecule has 1 unspecified atom stereocenters. The molecule has 2 N–H and O–H groups in total. The van der Waals surface area contributed by atoms with Crippen LogP contribution in [-0.4, -0.2) is 47.6 Å². The number of aryl methyl sites for hydroxylation is 2. The second kappa shape index (κ2) is 10.9. The molecule has 1 saturated heterocycles. The third-order valence-electron chi connectivity index (χ3n) is 6.53. The predicted molar refractivity (Wildman–Crippen MR) is 143 cm³/mol. The lowest BCUT2D eigenvalue weighted by Crippen LogP contribution is -2.29. The van der Waals surface area contributed by atoms with Crippen molar-refractivity contribution in [3.05, 3.63) is 88.0 Å². The molecule has 0 radical (unpaired) electrons. The normalized spacial score (nSPS) is 16.6. The Hall–Kier alpha value is -4.46. The van der Waals surface area contributed by atoms with Crippen LogP contribution in [0.15, 0.2) is 60.2 Å². The van der Waals surface area contributed by atoms with Crippen LogP contribution in [0.1, 0.15) is 40.8 Å². The van der Waals surface area contributed by atoms with Gasteiger partial charge in [0.15, 0.2) is 11.5 Å². The fraction of sp³-hybridized carbons (Fsp3) is 0.267. The number of rotatable bonds is 8. The highest BCUT2D eigenvalue weighted by molar-refractivity contribution is 6.46. The van der Waals surface area contributed by atoms with E-state index in [0.717, 1.165) is 16.7 Å². The number of aliphatic hydroxyl groups is 1. The number of hydrogen-bond donors (Lipinski definition) is 2. The van der Waals surface area contributed by atoms with Gasteiger partial charge in [0.2, 0.25) is 0 Å². The zero-order chi connectivity index (χ0) is 27.6. The Morgan fingerprint density at radius 2 is 1.68 bits per heavy atom. The Morgan fingerprint density at radius 1 is 0.974 bits per heavy atom. The van der Waals surface area contributed by atoms with Crippen molar-refractivity contribution in [1.82, 2.24) is 4.90 Å². The van der Waals surface area contributed by atoms with Gasteiger partial charge >= 0.3 is 0 Å². The molecule has 0 aromatic heterocycles. The third kappa shape index (κ3) is 4.89. The number of ether oxygens (including phenoxy) is 3. The van der Waals surface area contributed by atoms with Gasteiger partial charge < -0.3 is 29.3 Å². The molecular formula is C30H31NO7. The number of methoxy groups -OCH3 is 2. The number of ketones is 1. The number of hydrogen-bond acceptors (Lipinski definition) is 7. The highest BCUT2D eigenvalue weighted by Gasteiger charge is 2.46. The lowest BCUT2D eigenvalue weighted by atomic mass is 9.93. The van der Waals surface area contributed by atoms with Gasteiger partial charge in [0.25, 0.3) is 11.7 Å². The summed E-state index contributed by atoms with van der Waals surface area (Å²) in [6.45, 7) is 5.91. The summed E-state index contributed by atoms with van der Waals surface area (Å²) in [7, 11) is 3.05. The first-order valence-electron chi connectivity index (χ1n) is 12.2. The van der Waals surface area contributed by atoms with E-state index in [1.165, 1.54) is 18.1 Å². The van der Waals surface area contributed by atoms with Gasteiger partial charge in [-0.15, -0.1) is 0 Å². The lowest BCUT2D eigenvalue weighted by molar-refractivity contribution is -0.140. The number of aliphatic hydroxyl groups excluding tert-OH is 1. The van der Waals surface area contributed by atoms with Crippen molar-refractivity contribution in [3.8, 4) is 23.0 Å². The summed E-state index contributed by atoms with van der Waals surface area (Å²) < 4.78 is 16.4. The van der Waals surface area contributed by atoms with Crippen molar-refractivity contribution in [2.24, 2.45) is 0 Å². The topological polar surface area (TPSA) is 106 Å². The largest absolute Gasteiger partial charge is 0.507 e. The smallest absolute Gasteiger partial charge is 0.295 e. The number of phenolic OH excluding ortho intramolecular Hbond substituents is 1. The van der Waals surface area contributed by atoms with Gasteiger partial charge in [-0.3, -0.25) is 9.59 Å². The van der Waals surface area contributed by atoms with Crippen LogP contribution in [0.25, 0.3) is 5.76 Å². The molecule has 3 aromatic rings. The minimum Gasteiger partial charge on any atom is -0.507 e. The van der Waals surface area contributed by atoms with E-state index in [0.29, 0.717) is 29.2 Å². The summed E-state index contributed by atoms with van der Waals surface area (Å²) in [5.41, 5.74) is 3.16. The Kier molecular flexibility index (Phi) is 7.62. The van der Waals surface area contributed by atoms with Crippen LogP contribution in [-0.2, 0) is 16.1 Å². The zero-order valence-corrected chi connectivity index (χ0v) is 22.1. The van der Waals surface area contributed by atoms with E-state index < -0.39 is 17.7 Å². The van der Waals surface area contributed by atoms with Crippen LogP contribution >= 0.6 is 0 Å². The van der Waals surface area contributed by atoms with E-state index in [-0.39, 0.29) is 29.4 Å². The van der Waals surface area contributed by atoms with Crippen LogP contribution in [0, 0.1) is 13.8 Å². The quantitative estimate of drug-likeness (QED) is 0.245. The Labute approximate surface area is 221 Å². The fourth-order valence-corrected chi connectivity index (χ4v) is 4.84. The molecule has 0 spiro atoms. The average Bonchev–Trinajstić information content (AvgIpc) is 3.14. The molecule has 38 heavy (non-hydrogen) atoms. The van der Waals surface area contributed by atoms with Crippen LogP contribution in [0.5, 0.6) is 23.0 Å². The van der Waals surface area contributed by atoms with Gasteiger partial charge in [0.05, 0.1) is 38.0 Å². The van der Waals surface area contributed by atoms with E-state index in [9.17, 15) is 19.8 Å². The maximum absolute atomic E-state index is 13.5. The minimum absolute atomic E-state index is 0.0695. The summed E-state index contributed by atoms with van der Waals surface area (Å²) in [5.74, 6) is -0.680. The number of Topliss-reactive ketones (excluding diaryl/α,β-unsaturated/α-hetero) is 1. The number of aromatic hydroxyl groups is 1. The van der Waals surface area contributed by atoms with Crippen LogP contribution in [0.3, 0.4) is 0 Å². The molecule has 1 atom stereocenters. The highest BCUT2D eigenvalue weighted by Crippen LogP contribution is 2.44. The van der Waals surface area contributed by atoms with Gasteiger partial charge in [0.1, 0.15) is 17.3 Å². The maximum Gasteiger partial charge on any atom is 0.295 e. The van der Waals surface area contributed by atoms with Gasteiger partial charge in [-0.2, -0.15) is 0 Å². The molecule has 198 valence electrons. The molecule has 8 nitrogen and oxygen atoms in total. The van der Waals surface area contributed by atoms with Gasteiger partial charge in [-0.25, -0.2) is 0 Å². The summed E-state index contributed by atoms with van der Waals surface area (Å²) in [6.07, 6.45) is 0. The van der Waals surface area contributed by atoms with Gasteiger partial charge in [0, 0.05) is 6.54 Å². The fourth-order valence-electron chi connectivity index (χ4n) is 4.84. The molecule has 1 aliphatic rings. The van der Waals surface area contributed by atoms with E-state index in [2.05, 4.69) is 0 Å². The zero-order valence-electron chi connectivity index (χ0n) is 22.1. The number of nitrogens with zero attached hydrogens (tertiary/aromatic N) is 1. The summed E-state index contributed by atoms with van der Waals surface area (Å²) in [6, 6.07) is 14.5. The van der Waals surface area contributed by atoms with Crippen molar-refractivity contribution in [3.63, 3.8) is 0 Å². The van der Waals surface area contributed by atoms with Crippen LogP contribution in [0.2, 0.25) is 0 Å². The molecule has 0 aliphatic carbocycles. The van der Waals surface area contributed by atoms with Crippen LogP contribution in [0.4, 0.5) is 0 Å². The molecule has 1 amide bonds. The first kappa shape index (κ1) is 26.6. The molecule has 0 saturated carbocycles. The standard InChI is InChI=1S/C30H31NO7/c1-6-38-24-15-20(9-12-23(24)32)26-25(27(33)22-14-17(2)13-18(3)29(22)37-5)28(34)30(35)31(26)16-19-7-10-21(36-4)11-8-19/h7-15,26,32-33H,6,16H2,1-5H3/b27-25+. The first-order chi connectivity index (χ1) is 18.2. The monoisotopic (exact) mass is 517 g/mol. The third-order valence-corrected chi connectivity index (χ3v) is 6.53. The van der Waals surface area contributed by atoms with Gasteiger partial charge in [-0.05, 0) is 73.4 Å². The SMILES string of the molecule is CCOc1cc(C2/C(=C(\O)c3cc(C)cc(C)c3OC)C(=O)C(=O)N2Cc2ccc(OC)cc2)ccc1O. The summed E-state index contributed by atoms with van der Waals surface area (Å²) in [4.78, 5) is 28.3. The first-order valence-corrected chi connectivity index (χ1v) is 12.2. The second-order valence-electron chi connectivity index (χ2n) is 9.10. The number of likely N-dealkylation sites (tertiary alicyclic amines) is 1. The number of benzene rings is 3. The number of carbonyl (C=O) groups is 2. The van der Waals surface area contributed by atoms with Crippen molar-refractivity contribution in [1.29, 1.82) is 0 Å². The molecule has 1 heterocycles. The number of amides is 1. The minimum atomic E-state index is -0.942. The Bertz CT molecular complexity index is 1410. The van der Waals surface area contributed by atoms with Crippen LogP contribution < -0.4 is 14.2 Å². The molecule has 1 fully saturated rings.